The molecule has 0 saturated carbocycles. The zero-order chi connectivity index (χ0) is 22.0. The molecule has 0 fully saturated rings. The molecule has 0 aliphatic rings. The number of nitrogens with zero attached hydrogens (tertiary/aromatic N) is 1. The predicted molar refractivity (Wildman–Crippen MR) is 111 cm³/mol. The van der Waals surface area contributed by atoms with Gasteiger partial charge in [-0.15, -0.1) is 0 Å². The second-order valence-corrected chi connectivity index (χ2v) is 7.12. The van der Waals surface area contributed by atoms with Gasteiger partial charge in [0.25, 0.3) is 0 Å². The number of hydrogen-bond donors (Lipinski definition) is 1. The van der Waals surface area contributed by atoms with Gasteiger partial charge in [-0.05, 0) is 53.1 Å². The highest BCUT2D eigenvalue weighted by atomic mass is 19.4. The minimum atomic E-state index is -4.34. The van der Waals surface area contributed by atoms with Crippen molar-refractivity contribution in [2.45, 2.75) is 12.7 Å². The third-order valence-corrected chi connectivity index (χ3v) is 4.96. The number of benzene rings is 3. The summed E-state index contributed by atoms with van der Waals surface area (Å²) in [6.07, 6.45) is -2.40. The first-order valence-corrected chi connectivity index (χ1v) is 9.50. The first-order chi connectivity index (χ1) is 14.8. The summed E-state index contributed by atoms with van der Waals surface area (Å²) in [5, 5.41) is 9.65. The van der Waals surface area contributed by atoms with Gasteiger partial charge in [0.1, 0.15) is 5.75 Å². The number of halogens is 3. The molecule has 1 heterocycles. The number of alkyl halides is 3. The lowest BCUT2D eigenvalue weighted by Crippen LogP contribution is -2.09. The van der Waals surface area contributed by atoms with E-state index >= 15 is 0 Å². The molecule has 31 heavy (non-hydrogen) atoms. The van der Waals surface area contributed by atoms with Crippen molar-refractivity contribution in [3.05, 3.63) is 90.1 Å². The molecule has 7 heteroatoms. The maximum Gasteiger partial charge on any atom is 0.416 e. The monoisotopic (exact) mass is 425 g/mol. The fourth-order valence-electron chi connectivity index (χ4n) is 3.40. The van der Waals surface area contributed by atoms with Crippen LogP contribution in [0.3, 0.4) is 0 Å². The third-order valence-electron chi connectivity index (χ3n) is 4.96. The van der Waals surface area contributed by atoms with Crippen molar-refractivity contribution in [3.8, 4) is 16.9 Å². The molecule has 1 aromatic heterocycles. The number of ether oxygens (including phenoxy) is 1. The first kappa shape index (κ1) is 20.5. The molecule has 0 bridgehead atoms. The van der Waals surface area contributed by atoms with Crippen LogP contribution in [0.2, 0.25) is 0 Å². The Morgan fingerprint density at radius 3 is 2.16 bits per heavy atom. The van der Waals surface area contributed by atoms with Gasteiger partial charge >= 0.3 is 12.1 Å². The average molecular weight is 425 g/mol. The second kappa shape index (κ2) is 8.18. The Kier molecular flexibility index (Phi) is 5.42. The summed E-state index contributed by atoms with van der Waals surface area (Å²) in [7, 11) is 0. The van der Waals surface area contributed by atoms with Crippen molar-refractivity contribution in [1.29, 1.82) is 0 Å². The van der Waals surface area contributed by atoms with Crippen LogP contribution in [0.5, 0.6) is 5.75 Å². The summed E-state index contributed by atoms with van der Waals surface area (Å²) in [4.78, 5) is 10.6. The van der Waals surface area contributed by atoms with E-state index in [0.717, 1.165) is 39.7 Å². The fourth-order valence-corrected chi connectivity index (χ4v) is 3.40. The number of rotatable bonds is 6. The number of fused-ring (bicyclic) bond motifs is 1. The Balaban J connectivity index is 1.49. The quantitative estimate of drug-likeness (QED) is 0.422. The van der Waals surface area contributed by atoms with E-state index < -0.39 is 24.3 Å². The standard InChI is InChI=1S/C24H18F3NO3/c25-24(26,27)20-7-5-18(6-8-20)17-3-1-16(2-4-17)14-28-12-11-19-13-21(9-10-22(19)28)31-15-23(29)30/h1-13H,14-15H2,(H,29,30). The molecular formula is C24H18F3NO3. The lowest BCUT2D eigenvalue weighted by atomic mass is 10.0. The summed E-state index contributed by atoms with van der Waals surface area (Å²) in [5.41, 5.74) is 2.92. The maximum atomic E-state index is 12.7. The van der Waals surface area contributed by atoms with Gasteiger partial charge in [0.15, 0.2) is 6.61 Å². The Bertz CT molecular complexity index is 1210. The van der Waals surface area contributed by atoms with Crippen molar-refractivity contribution >= 4 is 16.9 Å². The Morgan fingerprint density at radius 2 is 1.55 bits per heavy atom. The van der Waals surface area contributed by atoms with Gasteiger partial charge in [0.05, 0.1) is 5.56 Å². The molecule has 0 spiro atoms. The summed E-state index contributed by atoms with van der Waals surface area (Å²) in [5.74, 6) is -0.536. The molecular weight excluding hydrogens is 407 g/mol. The van der Waals surface area contributed by atoms with Crippen molar-refractivity contribution < 1.29 is 27.8 Å². The van der Waals surface area contributed by atoms with Crippen LogP contribution in [0.25, 0.3) is 22.0 Å². The Labute approximate surface area is 176 Å². The van der Waals surface area contributed by atoms with Crippen LogP contribution in [-0.4, -0.2) is 22.2 Å². The van der Waals surface area contributed by atoms with Gasteiger partial charge in [-0.3, -0.25) is 0 Å². The normalized spacial score (nSPS) is 11.6. The zero-order valence-corrected chi connectivity index (χ0v) is 16.3. The van der Waals surface area contributed by atoms with Gasteiger partial charge < -0.3 is 14.4 Å². The van der Waals surface area contributed by atoms with E-state index in [1.807, 2.05) is 42.6 Å². The van der Waals surface area contributed by atoms with E-state index in [9.17, 15) is 18.0 Å². The minimum Gasteiger partial charge on any atom is -0.482 e. The SMILES string of the molecule is O=C(O)COc1ccc2c(ccn2Cc2ccc(-c3ccc(C(F)(F)F)cc3)cc2)c1. The van der Waals surface area contributed by atoms with Crippen molar-refractivity contribution in [3.63, 3.8) is 0 Å². The highest BCUT2D eigenvalue weighted by molar-refractivity contribution is 5.82. The number of aliphatic carboxylic acids is 1. The minimum absolute atomic E-state index is 0.391. The maximum absolute atomic E-state index is 12.7. The van der Waals surface area contributed by atoms with Crippen LogP contribution < -0.4 is 4.74 Å². The van der Waals surface area contributed by atoms with Crippen LogP contribution in [0, 0.1) is 0 Å². The summed E-state index contributed by atoms with van der Waals surface area (Å²) in [6, 6.07) is 20.1. The van der Waals surface area contributed by atoms with Gasteiger partial charge in [0.2, 0.25) is 0 Å². The zero-order valence-electron chi connectivity index (χ0n) is 16.3. The van der Waals surface area contributed by atoms with E-state index in [2.05, 4.69) is 4.57 Å². The number of carbonyl (C=O) groups is 1. The highest BCUT2D eigenvalue weighted by Gasteiger charge is 2.29. The second-order valence-electron chi connectivity index (χ2n) is 7.12. The molecule has 4 rings (SSSR count). The molecule has 1 N–H and O–H groups in total. The highest BCUT2D eigenvalue weighted by Crippen LogP contribution is 2.31. The van der Waals surface area contributed by atoms with Crippen LogP contribution in [-0.2, 0) is 17.5 Å². The van der Waals surface area contributed by atoms with Crippen LogP contribution >= 0.6 is 0 Å². The predicted octanol–water partition coefficient (Wildman–Crippen LogP) is 5.84. The summed E-state index contributed by atoms with van der Waals surface area (Å²) < 4.78 is 45.5. The smallest absolute Gasteiger partial charge is 0.416 e. The van der Waals surface area contributed by atoms with E-state index in [1.54, 1.807) is 12.1 Å². The van der Waals surface area contributed by atoms with Gasteiger partial charge in [-0.1, -0.05) is 36.4 Å². The Morgan fingerprint density at radius 1 is 0.903 bits per heavy atom. The first-order valence-electron chi connectivity index (χ1n) is 9.50. The molecule has 0 aliphatic heterocycles. The third kappa shape index (κ3) is 4.71. The number of hydrogen-bond acceptors (Lipinski definition) is 2. The molecule has 0 unspecified atom stereocenters. The molecule has 3 aromatic carbocycles. The summed E-state index contributed by atoms with van der Waals surface area (Å²) >= 11 is 0. The fraction of sp³-hybridized carbons (Fsp3) is 0.125. The van der Waals surface area contributed by atoms with Gasteiger partial charge in [-0.2, -0.15) is 13.2 Å². The molecule has 0 atom stereocenters. The molecule has 0 saturated heterocycles. The van der Waals surface area contributed by atoms with Crippen molar-refractivity contribution in [2.24, 2.45) is 0 Å². The average Bonchev–Trinajstić information content (AvgIpc) is 3.14. The van der Waals surface area contributed by atoms with Crippen LogP contribution in [0.4, 0.5) is 13.2 Å². The van der Waals surface area contributed by atoms with E-state index in [1.165, 1.54) is 12.1 Å². The van der Waals surface area contributed by atoms with Crippen LogP contribution in [0.15, 0.2) is 79.0 Å². The lowest BCUT2D eigenvalue weighted by Gasteiger charge is -2.10. The van der Waals surface area contributed by atoms with Gasteiger partial charge in [-0.25, -0.2) is 4.79 Å². The number of aromatic nitrogens is 1. The Hall–Kier alpha value is -3.74. The molecule has 4 aromatic rings. The van der Waals surface area contributed by atoms with Crippen LogP contribution in [0.1, 0.15) is 11.1 Å². The molecule has 158 valence electrons. The topological polar surface area (TPSA) is 51.5 Å². The lowest BCUT2D eigenvalue weighted by molar-refractivity contribution is -0.139. The molecule has 4 nitrogen and oxygen atoms in total. The van der Waals surface area contributed by atoms with Gasteiger partial charge in [0, 0.05) is 23.6 Å². The summed E-state index contributed by atoms with van der Waals surface area (Å²) in [6.45, 7) is 0.226. The molecule has 0 amide bonds. The van der Waals surface area contributed by atoms with E-state index in [0.29, 0.717) is 12.3 Å². The number of carboxylic acid groups (broad SMARTS) is 1. The number of carboxylic acids is 1. The van der Waals surface area contributed by atoms with Crippen molar-refractivity contribution in [2.75, 3.05) is 6.61 Å². The van der Waals surface area contributed by atoms with E-state index in [4.69, 9.17) is 9.84 Å². The van der Waals surface area contributed by atoms with E-state index in [-0.39, 0.29) is 0 Å². The molecule has 0 aliphatic carbocycles. The largest absolute Gasteiger partial charge is 0.482 e. The molecule has 0 radical (unpaired) electrons. The van der Waals surface area contributed by atoms with Crippen molar-refractivity contribution in [1.82, 2.24) is 4.57 Å².